The molecule has 3 heterocycles. The molecule has 2 aliphatic rings. The number of halogens is 1. The molecule has 0 radical (unpaired) electrons. The van der Waals surface area contributed by atoms with Gasteiger partial charge in [0.05, 0.1) is 42.9 Å². The maximum Gasteiger partial charge on any atom is 0.261 e. The van der Waals surface area contributed by atoms with E-state index in [9.17, 15) is 0 Å². The van der Waals surface area contributed by atoms with Crippen LogP contribution in [0.3, 0.4) is 0 Å². The molecule has 0 amide bonds. The topological polar surface area (TPSA) is 63.0 Å². The summed E-state index contributed by atoms with van der Waals surface area (Å²) in [5.41, 5.74) is 2.20. The van der Waals surface area contributed by atoms with Crippen LogP contribution in [0.2, 0.25) is 23.2 Å². The molecule has 1 aromatic heterocycles. The average molecular weight is 927 g/mol. The number of unbranched alkanes of at least 4 members (excludes halogenated alkanes) is 3. The van der Waals surface area contributed by atoms with Crippen LogP contribution < -0.4 is 22.8 Å². The van der Waals surface area contributed by atoms with Crippen LogP contribution in [0.15, 0.2) is 83.5 Å². The minimum absolute atomic E-state index is 0. The number of rotatable bonds is 22. The molecule has 5 rings (SSSR count). The predicted octanol–water partition coefficient (Wildman–Crippen LogP) is 10.7. The number of benzene rings is 2. The van der Waals surface area contributed by atoms with Crippen LogP contribution >= 0.6 is 7.26 Å². The number of ether oxygens (including phenoxy) is 2. The van der Waals surface area contributed by atoms with Gasteiger partial charge in [0.2, 0.25) is 5.89 Å². The first kappa shape index (κ1) is 53.0. The Bertz CT molecular complexity index is 1700. The standard InChI is InChI=1S/C52H85NO5PSi2.ClH/c1-13-16-31-59(32-17-14-2,33-18-15-3)40-50-53-48(39-54-50)49-38-45(58-60(11,12)51(5,6)7)37-44(57-49)36-43-35-41(4)34-42(56-43)29-30-55-61(52(8,9)10,46-25-21-19-22-26-46)47-27-23-20-24-28-47;/h19-28,39,42-45,49H,4,13-18,29-38,40H2,1-3,5-12H3;1H/q+1;/p-1/t42-,43+,44+,45+,49+;/m0./s1. The summed E-state index contributed by atoms with van der Waals surface area (Å²) in [5, 5.41) is 2.67. The molecule has 2 aliphatic heterocycles. The largest absolute Gasteiger partial charge is 1.00 e. The highest BCUT2D eigenvalue weighted by atomic mass is 35.5. The summed E-state index contributed by atoms with van der Waals surface area (Å²) in [6.45, 7) is 31.0. The molecule has 0 N–H and O–H groups in total. The van der Waals surface area contributed by atoms with Gasteiger partial charge in [-0.3, -0.25) is 0 Å². The Balaban J connectivity index is 0.00000845. The second-order valence-electron chi connectivity index (χ2n) is 21.2. The Morgan fingerprint density at radius 3 is 1.81 bits per heavy atom. The molecule has 5 atom stereocenters. The Morgan fingerprint density at radius 1 is 0.742 bits per heavy atom. The van der Waals surface area contributed by atoms with Crippen molar-refractivity contribution in [1.29, 1.82) is 0 Å². The van der Waals surface area contributed by atoms with Gasteiger partial charge in [-0.15, -0.1) is 0 Å². The van der Waals surface area contributed by atoms with Crippen molar-refractivity contribution in [1.82, 2.24) is 4.98 Å². The predicted molar refractivity (Wildman–Crippen MR) is 265 cm³/mol. The minimum atomic E-state index is -2.63. The lowest BCUT2D eigenvalue weighted by Crippen LogP contribution is -3.00. The second-order valence-corrected chi connectivity index (χ2v) is 34.6. The van der Waals surface area contributed by atoms with Gasteiger partial charge in [-0.2, -0.15) is 0 Å². The molecule has 0 spiro atoms. The van der Waals surface area contributed by atoms with E-state index in [0.29, 0.717) is 6.61 Å². The molecule has 6 nitrogen and oxygen atoms in total. The summed E-state index contributed by atoms with van der Waals surface area (Å²) in [6.07, 6.45) is 19.7. The molecular weight excluding hydrogens is 841 g/mol. The van der Waals surface area contributed by atoms with Gasteiger partial charge in [0, 0.05) is 26.7 Å². The molecular formula is C52H85ClNO5PSi2. The van der Waals surface area contributed by atoms with Crippen LogP contribution in [0, 0.1) is 0 Å². The zero-order valence-corrected chi connectivity index (χ0v) is 44.4. The second kappa shape index (κ2) is 23.7. The number of aromatic nitrogens is 1. The lowest BCUT2D eigenvalue weighted by molar-refractivity contribution is -0.126. The van der Waals surface area contributed by atoms with E-state index < -0.39 is 23.9 Å². The van der Waals surface area contributed by atoms with Crippen molar-refractivity contribution in [3.05, 3.63) is 90.7 Å². The molecule has 2 fully saturated rings. The maximum atomic E-state index is 7.31. The van der Waals surface area contributed by atoms with Crippen molar-refractivity contribution in [2.24, 2.45) is 0 Å². The van der Waals surface area contributed by atoms with Crippen molar-refractivity contribution >= 4 is 34.3 Å². The first-order valence-corrected chi connectivity index (χ1v) is 31.5. The summed E-state index contributed by atoms with van der Waals surface area (Å²) in [4.78, 5) is 5.28. The lowest BCUT2D eigenvalue weighted by Gasteiger charge is -2.44. The molecule has 0 unspecified atom stereocenters. The molecule has 2 saturated heterocycles. The summed E-state index contributed by atoms with van der Waals surface area (Å²) in [5.74, 6) is 0.925. The van der Waals surface area contributed by atoms with Crippen LogP contribution in [0.1, 0.15) is 157 Å². The Morgan fingerprint density at radius 2 is 1.29 bits per heavy atom. The SMILES string of the molecule is C=C1C[C@H](C[C@@H]2C[C@@H](O[Si](C)(C)C(C)(C)C)C[C@H](c3coc(C[P+](CCCC)(CCCC)CCCC)n3)O2)O[C@@H](CCO[Si](c2ccccc2)(c2ccccc2)C(C)(C)C)C1.[Cl-]. The van der Waals surface area contributed by atoms with Gasteiger partial charge in [0.25, 0.3) is 8.32 Å². The van der Waals surface area contributed by atoms with E-state index in [1.807, 2.05) is 6.26 Å². The third kappa shape index (κ3) is 14.0. The van der Waals surface area contributed by atoms with E-state index in [1.54, 1.807) is 0 Å². The van der Waals surface area contributed by atoms with E-state index in [4.69, 9.17) is 27.7 Å². The number of hydrogen-bond acceptors (Lipinski definition) is 6. The van der Waals surface area contributed by atoms with Gasteiger partial charge in [-0.05, 0) is 78.5 Å². The Labute approximate surface area is 387 Å². The molecule has 0 bridgehead atoms. The molecule has 10 heteroatoms. The third-order valence-electron chi connectivity index (χ3n) is 14.1. The highest BCUT2D eigenvalue weighted by molar-refractivity contribution is 7.75. The van der Waals surface area contributed by atoms with E-state index in [1.165, 1.54) is 73.0 Å². The lowest BCUT2D eigenvalue weighted by atomic mass is 9.91. The van der Waals surface area contributed by atoms with Gasteiger partial charge in [0.1, 0.15) is 24.2 Å². The highest BCUT2D eigenvalue weighted by Gasteiger charge is 2.50. The van der Waals surface area contributed by atoms with Crippen molar-refractivity contribution in [3.8, 4) is 0 Å². The van der Waals surface area contributed by atoms with Gasteiger partial charge < -0.3 is 35.1 Å². The van der Waals surface area contributed by atoms with E-state index >= 15 is 0 Å². The van der Waals surface area contributed by atoms with Gasteiger partial charge >= 0.3 is 0 Å². The van der Waals surface area contributed by atoms with Crippen LogP contribution in [0.25, 0.3) is 0 Å². The minimum Gasteiger partial charge on any atom is -1.00 e. The van der Waals surface area contributed by atoms with Crippen molar-refractivity contribution in [3.63, 3.8) is 0 Å². The fourth-order valence-corrected chi connectivity index (χ4v) is 20.5. The summed E-state index contributed by atoms with van der Waals surface area (Å²) >= 11 is 0. The molecule has 3 aromatic rings. The zero-order chi connectivity index (χ0) is 44.3. The van der Waals surface area contributed by atoms with Crippen LogP contribution in [-0.2, 0) is 24.5 Å². The monoisotopic (exact) mass is 926 g/mol. The van der Waals surface area contributed by atoms with E-state index in [2.05, 4.69) is 143 Å². The third-order valence-corrected chi connectivity index (χ3v) is 28.4. The number of nitrogens with zero attached hydrogens (tertiary/aromatic N) is 1. The van der Waals surface area contributed by atoms with Gasteiger partial charge in [-0.1, -0.05) is 154 Å². The maximum absolute atomic E-state index is 7.31. The van der Waals surface area contributed by atoms with Crippen molar-refractivity contribution in [2.75, 3.05) is 25.1 Å². The Hall–Kier alpha value is -1.62. The van der Waals surface area contributed by atoms with E-state index in [0.717, 1.165) is 56.3 Å². The Kier molecular flexibility index (Phi) is 20.3. The number of oxazole rings is 1. The van der Waals surface area contributed by atoms with Gasteiger partial charge in [-0.25, -0.2) is 4.98 Å². The smallest absolute Gasteiger partial charge is 0.261 e. The molecule has 2 aromatic carbocycles. The van der Waals surface area contributed by atoms with Crippen molar-refractivity contribution in [2.45, 2.75) is 199 Å². The number of hydrogen-bond donors (Lipinski definition) is 0. The van der Waals surface area contributed by atoms with Crippen LogP contribution in [-0.4, -0.2) is 71.1 Å². The quantitative estimate of drug-likeness (QED) is 0.0568. The summed E-state index contributed by atoms with van der Waals surface area (Å²) < 4.78 is 35.0. The average Bonchev–Trinajstić information content (AvgIpc) is 3.67. The van der Waals surface area contributed by atoms with Gasteiger partial charge in [0.15, 0.2) is 8.32 Å². The normalized spacial score (nSPS) is 21.8. The fraction of sp³-hybridized carbons (Fsp3) is 0.673. The van der Waals surface area contributed by atoms with Crippen LogP contribution in [0.5, 0.6) is 0 Å². The first-order valence-electron chi connectivity index (χ1n) is 24.1. The fourth-order valence-electron chi connectivity index (χ4n) is 9.69. The van der Waals surface area contributed by atoms with Crippen LogP contribution in [0.4, 0.5) is 0 Å². The molecule has 0 saturated carbocycles. The highest BCUT2D eigenvalue weighted by Crippen LogP contribution is 2.63. The van der Waals surface area contributed by atoms with E-state index in [-0.39, 0.29) is 53.0 Å². The zero-order valence-electron chi connectivity index (χ0n) is 40.8. The molecule has 348 valence electrons. The molecule has 62 heavy (non-hydrogen) atoms. The molecule has 0 aliphatic carbocycles. The first-order chi connectivity index (χ1) is 28.9. The summed E-state index contributed by atoms with van der Waals surface area (Å²) in [7, 11) is -5.88. The summed E-state index contributed by atoms with van der Waals surface area (Å²) in [6, 6.07) is 21.9. The van der Waals surface area contributed by atoms with Crippen molar-refractivity contribution < 1.29 is 35.1 Å².